The first-order valence-corrected chi connectivity index (χ1v) is 5.76. The molecule has 0 saturated carbocycles. The number of hydroxylamine groups is 1. The Morgan fingerprint density at radius 1 is 1.56 bits per heavy atom. The van der Waals surface area contributed by atoms with E-state index in [2.05, 4.69) is 14.3 Å². The number of pyridine rings is 1. The quantitative estimate of drug-likeness (QED) is 0.555. The summed E-state index contributed by atoms with van der Waals surface area (Å²) in [6, 6.07) is 4.61. The first kappa shape index (κ1) is 12.5. The van der Waals surface area contributed by atoms with Crippen LogP contribution in [0.4, 0.5) is 5.82 Å². The van der Waals surface area contributed by atoms with Gasteiger partial charge in [0.25, 0.3) is 0 Å². The van der Waals surface area contributed by atoms with Crippen LogP contribution in [0.2, 0.25) is 0 Å². The number of aromatic carboxylic acids is 1. The van der Waals surface area contributed by atoms with Gasteiger partial charge in [0.1, 0.15) is 11.3 Å². The number of rotatable bonds is 4. The van der Waals surface area contributed by atoms with Crippen molar-refractivity contribution < 1.29 is 22.9 Å². The van der Waals surface area contributed by atoms with Gasteiger partial charge in [-0.15, -0.1) is 4.28 Å². The number of carboxylic acids is 1. The standard InChI is InChI=1S/C9H9N3O5S/c1-12(17-18(15)16)7-3-2-5-4-6(9(13)14)10-8(5)11-7/h2-4H,1H3,(H,10,11)(H,13,14)(H,15,16). The Morgan fingerprint density at radius 3 is 2.89 bits per heavy atom. The molecule has 2 aromatic heterocycles. The van der Waals surface area contributed by atoms with Crippen molar-refractivity contribution in [1.29, 1.82) is 0 Å². The highest BCUT2D eigenvalue weighted by Gasteiger charge is 2.11. The zero-order valence-corrected chi connectivity index (χ0v) is 9.97. The van der Waals surface area contributed by atoms with Crippen LogP contribution in [0.15, 0.2) is 18.2 Å². The van der Waals surface area contributed by atoms with E-state index in [9.17, 15) is 9.00 Å². The van der Waals surface area contributed by atoms with Crippen LogP contribution in [0.1, 0.15) is 10.5 Å². The molecule has 0 amide bonds. The van der Waals surface area contributed by atoms with E-state index >= 15 is 0 Å². The molecular formula is C9H9N3O5S. The molecule has 96 valence electrons. The molecule has 0 spiro atoms. The maximum atomic E-state index is 10.8. The molecule has 1 unspecified atom stereocenters. The van der Waals surface area contributed by atoms with E-state index in [-0.39, 0.29) is 11.5 Å². The third-order valence-corrected chi connectivity index (χ3v) is 2.54. The average molecular weight is 271 g/mol. The van der Waals surface area contributed by atoms with E-state index in [1.165, 1.54) is 19.2 Å². The topological polar surface area (TPSA) is 116 Å². The summed E-state index contributed by atoms with van der Waals surface area (Å²) in [5.74, 6) is -0.820. The van der Waals surface area contributed by atoms with E-state index in [0.717, 1.165) is 5.06 Å². The predicted molar refractivity (Wildman–Crippen MR) is 63.3 cm³/mol. The van der Waals surface area contributed by atoms with Crippen molar-refractivity contribution >= 4 is 34.2 Å². The Morgan fingerprint density at radius 2 is 2.28 bits per heavy atom. The Hall–Kier alpha value is -1.97. The van der Waals surface area contributed by atoms with E-state index in [1.807, 2.05) is 0 Å². The number of aromatic amines is 1. The largest absolute Gasteiger partial charge is 0.477 e. The zero-order valence-electron chi connectivity index (χ0n) is 9.15. The second-order valence-corrected chi connectivity index (χ2v) is 3.97. The van der Waals surface area contributed by atoms with E-state index in [0.29, 0.717) is 11.0 Å². The smallest absolute Gasteiger partial charge is 0.352 e. The van der Waals surface area contributed by atoms with Gasteiger partial charge in [0.15, 0.2) is 5.82 Å². The van der Waals surface area contributed by atoms with Gasteiger partial charge in [-0.2, -0.15) is 4.21 Å². The van der Waals surface area contributed by atoms with Crippen molar-refractivity contribution in [3.63, 3.8) is 0 Å². The Labute approximate surface area is 104 Å². The highest BCUT2D eigenvalue weighted by molar-refractivity contribution is 7.74. The molecule has 0 radical (unpaired) electrons. The van der Waals surface area contributed by atoms with Gasteiger partial charge < -0.3 is 10.1 Å². The summed E-state index contributed by atoms with van der Waals surface area (Å²) in [4.78, 5) is 17.4. The van der Waals surface area contributed by atoms with Gasteiger partial charge in [-0.1, -0.05) is 0 Å². The summed E-state index contributed by atoms with van der Waals surface area (Å²) < 4.78 is 23.6. The summed E-state index contributed by atoms with van der Waals surface area (Å²) >= 11 is -2.45. The number of anilines is 1. The SMILES string of the molecule is CN(OS(=O)O)c1ccc2cc(C(=O)O)[nH]c2n1. The van der Waals surface area contributed by atoms with E-state index in [1.54, 1.807) is 6.07 Å². The summed E-state index contributed by atoms with van der Waals surface area (Å²) in [6.45, 7) is 0. The number of hydrogen-bond acceptors (Lipinski definition) is 5. The molecule has 3 N–H and O–H groups in total. The van der Waals surface area contributed by atoms with Crippen molar-refractivity contribution in [3.05, 3.63) is 23.9 Å². The predicted octanol–water partition coefficient (Wildman–Crippen LogP) is 0.766. The lowest BCUT2D eigenvalue weighted by Gasteiger charge is -2.13. The number of fused-ring (bicyclic) bond motifs is 1. The fourth-order valence-electron chi connectivity index (χ4n) is 1.42. The molecule has 0 aliphatic rings. The van der Waals surface area contributed by atoms with Crippen molar-refractivity contribution in [2.24, 2.45) is 0 Å². The van der Waals surface area contributed by atoms with Gasteiger partial charge >= 0.3 is 17.3 Å². The normalized spacial score (nSPS) is 12.6. The molecule has 2 aromatic rings. The molecule has 2 rings (SSSR count). The second kappa shape index (κ2) is 4.72. The highest BCUT2D eigenvalue weighted by Crippen LogP contribution is 2.18. The molecule has 0 fully saturated rings. The Bertz CT molecular complexity index is 626. The minimum Gasteiger partial charge on any atom is -0.477 e. The number of aromatic nitrogens is 2. The first-order valence-electron chi connectivity index (χ1n) is 4.73. The van der Waals surface area contributed by atoms with Gasteiger partial charge in [0, 0.05) is 12.4 Å². The second-order valence-electron chi connectivity index (χ2n) is 3.38. The number of nitrogens with zero attached hydrogens (tertiary/aromatic N) is 2. The Balaban J connectivity index is 2.37. The average Bonchev–Trinajstić information content (AvgIpc) is 2.70. The highest BCUT2D eigenvalue weighted by atomic mass is 32.2. The first-order chi connectivity index (χ1) is 8.47. The zero-order chi connectivity index (χ0) is 13.3. The van der Waals surface area contributed by atoms with Crippen LogP contribution in [0.5, 0.6) is 0 Å². The van der Waals surface area contributed by atoms with Gasteiger partial charge in [-0.3, -0.25) is 4.55 Å². The molecule has 0 aliphatic carbocycles. The lowest BCUT2D eigenvalue weighted by atomic mass is 10.3. The van der Waals surface area contributed by atoms with Gasteiger partial charge in [-0.25, -0.2) is 14.8 Å². The molecule has 0 aromatic carbocycles. The molecule has 1 atom stereocenters. The minimum atomic E-state index is -2.45. The summed E-state index contributed by atoms with van der Waals surface area (Å²) in [5.41, 5.74) is 0.369. The maximum Gasteiger partial charge on any atom is 0.352 e. The molecule has 18 heavy (non-hydrogen) atoms. The van der Waals surface area contributed by atoms with Gasteiger partial charge in [0.2, 0.25) is 0 Å². The summed E-state index contributed by atoms with van der Waals surface area (Å²) in [6.07, 6.45) is 0. The maximum absolute atomic E-state index is 10.8. The summed E-state index contributed by atoms with van der Waals surface area (Å²) in [5, 5.41) is 10.4. The molecule has 0 bridgehead atoms. The number of nitrogens with one attached hydrogen (secondary N) is 1. The molecule has 8 nitrogen and oxygen atoms in total. The number of hydrogen-bond donors (Lipinski definition) is 3. The van der Waals surface area contributed by atoms with Crippen molar-refractivity contribution in [2.45, 2.75) is 0 Å². The van der Waals surface area contributed by atoms with Crippen molar-refractivity contribution in [3.8, 4) is 0 Å². The number of carbonyl (C=O) groups is 1. The van der Waals surface area contributed by atoms with Crippen LogP contribution in [-0.4, -0.2) is 36.9 Å². The number of H-pyrrole nitrogens is 1. The lowest BCUT2D eigenvalue weighted by molar-refractivity contribution is 0.0691. The summed E-state index contributed by atoms with van der Waals surface area (Å²) in [7, 11) is 1.41. The lowest BCUT2D eigenvalue weighted by Crippen LogP contribution is -2.19. The Kier molecular flexibility index (Phi) is 3.28. The van der Waals surface area contributed by atoms with Crippen LogP contribution >= 0.6 is 0 Å². The van der Waals surface area contributed by atoms with Crippen LogP contribution in [-0.2, 0) is 15.6 Å². The van der Waals surface area contributed by atoms with Crippen molar-refractivity contribution in [2.75, 3.05) is 12.1 Å². The fourth-order valence-corrected chi connectivity index (χ4v) is 1.69. The van der Waals surface area contributed by atoms with Crippen LogP contribution in [0.3, 0.4) is 0 Å². The molecule has 0 saturated heterocycles. The van der Waals surface area contributed by atoms with Gasteiger partial charge in [-0.05, 0) is 18.2 Å². The van der Waals surface area contributed by atoms with E-state index in [4.69, 9.17) is 9.66 Å². The van der Waals surface area contributed by atoms with Crippen LogP contribution in [0.25, 0.3) is 11.0 Å². The van der Waals surface area contributed by atoms with Crippen LogP contribution in [0, 0.1) is 0 Å². The number of carboxylic acid groups (broad SMARTS) is 1. The van der Waals surface area contributed by atoms with Crippen molar-refractivity contribution in [1.82, 2.24) is 9.97 Å². The van der Waals surface area contributed by atoms with Crippen LogP contribution < -0.4 is 5.06 Å². The van der Waals surface area contributed by atoms with Gasteiger partial charge in [0.05, 0.1) is 0 Å². The molecular weight excluding hydrogens is 262 g/mol. The third-order valence-electron chi connectivity index (χ3n) is 2.19. The molecule has 0 aliphatic heterocycles. The molecule has 2 heterocycles. The van der Waals surface area contributed by atoms with E-state index < -0.39 is 17.3 Å². The third kappa shape index (κ3) is 2.47. The monoisotopic (exact) mass is 271 g/mol. The fraction of sp³-hybridized carbons (Fsp3) is 0.111. The molecule has 9 heteroatoms. The minimum absolute atomic E-state index is 0.0176.